The first-order chi connectivity index (χ1) is 16.7. The Morgan fingerprint density at radius 2 is 1.94 bits per heavy atom. The molecule has 0 radical (unpaired) electrons. The third-order valence-electron chi connectivity index (χ3n) is 12.4. The highest BCUT2D eigenvalue weighted by Crippen LogP contribution is 2.62. The highest BCUT2D eigenvalue weighted by atomic mass is 35.5. The number of halogens is 1. The molecule has 0 aromatic heterocycles. The quantitative estimate of drug-likeness (QED) is 0.337. The van der Waals surface area contributed by atoms with Crippen LogP contribution in [-0.2, 0) is 4.74 Å². The molecule has 1 spiro atoms. The van der Waals surface area contributed by atoms with E-state index in [9.17, 15) is 5.11 Å². The Labute approximate surface area is 219 Å². The highest BCUT2D eigenvalue weighted by Gasteiger charge is 2.59. The van der Waals surface area contributed by atoms with Gasteiger partial charge in [-0.1, -0.05) is 39.3 Å². The van der Waals surface area contributed by atoms with Gasteiger partial charge in [0.2, 0.25) is 0 Å². The first-order valence-electron chi connectivity index (χ1n) is 15.1. The van der Waals surface area contributed by atoms with Gasteiger partial charge in [-0.15, -0.1) is 11.6 Å². The van der Waals surface area contributed by atoms with E-state index in [2.05, 4.69) is 38.7 Å². The minimum Gasteiger partial charge on any atom is -0.393 e. The van der Waals surface area contributed by atoms with E-state index >= 15 is 0 Å². The molecule has 2 aliphatic heterocycles. The summed E-state index contributed by atoms with van der Waals surface area (Å²) in [6, 6.07) is 0.555. The smallest absolute Gasteiger partial charge is 0.0744 e. The van der Waals surface area contributed by atoms with Crippen LogP contribution in [0, 0.1) is 46.8 Å². The molecule has 0 aromatic carbocycles. The van der Waals surface area contributed by atoms with Crippen molar-refractivity contribution in [2.45, 2.75) is 116 Å². The third-order valence-corrected chi connectivity index (χ3v) is 12.6. The standard InChI is InChI=1S/C31H50ClNO2/c1-19-13-28-29(33(18-19)12-11-32)21(3)31(35-28)10-7-22-14-23-5-6-24-15-25(34)8-9-30(24,4)27(23)16-26(22)20(2)17-31/h6,19-23,25-29,34H,5,7-18H2,1-4H3/t19?,20?,21-,22+,23?,25?,26?,27+,28-,29+,30?,31?/m1/s1. The summed E-state index contributed by atoms with van der Waals surface area (Å²) in [4.78, 5) is 2.69. The number of hydrogen-bond acceptors (Lipinski definition) is 3. The molecule has 7 unspecified atom stereocenters. The van der Waals surface area contributed by atoms with Crippen LogP contribution in [0.2, 0.25) is 0 Å². The minimum absolute atomic E-state index is 0.0636. The molecule has 198 valence electrons. The van der Waals surface area contributed by atoms with Crippen LogP contribution in [0.4, 0.5) is 0 Å². The van der Waals surface area contributed by atoms with E-state index in [1.807, 2.05) is 0 Å². The van der Waals surface area contributed by atoms with E-state index in [0.717, 1.165) is 54.9 Å². The van der Waals surface area contributed by atoms with Crippen molar-refractivity contribution in [3.05, 3.63) is 11.6 Å². The average molecular weight is 504 g/mol. The van der Waals surface area contributed by atoms with E-state index in [4.69, 9.17) is 16.3 Å². The van der Waals surface area contributed by atoms with Crippen molar-refractivity contribution in [3.8, 4) is 0 Å². The van der Waals surface area contributed by atoms with Crippen molar-refractivity contribution < 1.29 is 9.84 Å². The molecule has 12 atom stereocenters. The fourth-order valence-electron chi connectivity index (χ4n) is 10.7. The number of rotatable bonds is 2. The topological polar surface area (TPSA) is 32.7 Å². The van der Waals surface area contributed by atoms with Gasteiger partial charge < -0.3 is 9.84 Å². The Morgan fingerprint density at radius 1 is 1.11 bits per heavy atom. The molecule has 6 rings (SSSR count). The maximum absolute atomic E-state index is 10.4. The summed E-state index contributed by atoms with van der Waals surface area (Å²) in [5.41, 5.74) is 1.99. The molecule has 1 N–H and O–H groups in total. The molecule has 35 heavy (non-hydrogen) atoms. The lowest BCUT2D eigenvalue weighted by Gasteiger charge is -2.55. The molecule has 0 bridgehead atoms. The average Bonchev–Trinajstić information content (AvgIpc) is 3.00. The maximum Gasteiger partial charge on any atom is 0.0744 e. The number of nitrogens with zero attached hydrogens (tertiary/aromatic N) is 1. The molecular weight excluding hydrogens is 454 g/mol. The Balaban J connectivity index is 1.23. The van der Waals surface area contributed by atoms with Gasteiger partial charge >= 0.3 is 0 Å². The van der Waals surface area contributed by atoms with Gasteiger partial charge in [0.1, 0.15) is 0 Å². The largest absolute Gasteiger partial charge is 0.393 e. The van der Waals surface area contributed by atoms with E-state index < -0.39 is 0 Å². The Bertz CT molecular complexity index is 831. The molecule has 2 saturated heterocycles. The van der Waals surface area contributed by atoms with Crippen LogP contribution in [0.3, 0.4) is 0 Å². The fourth-order valence-corrected chi connectivity index (χ4v) is 10.9. The first kappa shape index (κ1) is 25.2. The third kappa shape index (κ3) is 4.09. The lowest BCUT2D eigenvalue weighted by atomic mass is 9.50. The number of fused-ring (bicyclic) bond motifs is 5. The number of hydrogen-bond donors (Lipinski definition) is 1. The van der Waals surface area contributed by atoms with Crippen LogP contribution in [0.1, 0.15) is 91.9 Å². The predicted molar refractivity (Wildman–Crippen MR) is 144 cm³/mol. The van der Waals surface area contributed by atoms with Crippen LogP contribution < -0.4 is 0 Å². The van der Waals surface area contributed by atoms with Gasteiger partial charge in [-0.2, -0.15) is 0 Å². The Kier molecular flexibility index (Phi) is 6.68. The van der Waals surface area contributed by atoms with Gasteiger partial charge in [0.25, 0.3) is 0 Å². The first-order valence-corrected chi connectivity index (χ1v) is 15.6. The molecule has 4 aliphatic carbocycles. The number of ether oxygens (including phenoxy) is 1. The summed E-state index contributed by atoms with van der Waals surface area (Å²) in [6.07, 6.45) is 15.1. The van der Waals surface area contributed by atoms with Gasteiger partial charge in [-0.3, -0.25) is 4.90 Å². The molecule has 2 heterocycles. The molecule has 3 saturated carbocycles. The second kappa shape index (κ2) is 9.28. The van der Waals surface area contributed by atoms with Crippen LogP contribution in [0.5, 0.6) is 0 Å². The fraction of sp³-hybridized carbons (Fsp3) is 0.935. The number of piperidine rings is 1. The Morgan fingerprint density at radius 3 is 2.74 bits per heavy atom. The van der Waals surface area contributed by atoms with Gasteiger partial charge in [0.05, 0.1) is 17.8 Å². The number of allylic oxidation sites excluding steroid dienone is 1. The number of likely N-dealkylation sites (tertiary alicyclic amines) is 1. The van der Waals surface area contributed by atoms with E-state index in [1.165, 1.54) is 57.9 Å². The predicted octanol–water partition coefficient (Wildman–Crippen LogP) is 6.67. The van der Waals surface area contributed by atoms with Crippen molar-refractivity contribution in [3.63, 3.8) is 0 Å². The molecule has 6 aliphatic rings. The van der Waals surface area contributed by atoms with Crippen molar-refractivity contribution in [1.82, 2.24) is 4.90 Å². The summed E-state index contributed by atoms with van der Waals surface area (Å²) in [5, 5.41) is 10.4. The highest BCUT2D eigenvalue weighted by molar-refractivity contribution is 6.18. The zero-order valence-corrected chi connectivity index (χ0v) is 23.5. The maximum atomic E-state index is 10.4. The summed E-state index contributed by atoms with van der Waals surface area (Å²) < 4.78 is 7.22. The second-order valence-corrected chi connectivity index (χ2v) is 14.7. The molecular formula is C31H50ClNO2. The summed E-state index contributed by atoms with van der Waals surface area (Å²) >= 11 is 6.26. The number of alkyl halides is 1. The summed E-state index contributed by atoms with van der Waals surface area (Å²) in [5.74, 6) is 6.14. The van der Waals surface area contributed by atoms with E-state index in [1.54, 1.807) is 5.57 Å². The SMILES string of the molecule is CC1C[C@H]2OC3(CC[C@H]4CC5CC=C6CC(O)CCC6(C)[C@H]5CC4C(C)C3)[C@H](C)[C@@H]2N(CCCl)C1. The molecule has 4 heteroatoms. The van der Waals surface area contributed by atoms with E-state index in [0.29, 0.717) is 29.4 Å². The summed E-state index contributed by atoms with van der Waals surface area (Å²) in [7, 11) is 0. The van der Waals surface area contributed by atoms with Gasteiger partial charge in [0, 0.05) is 30.9 Å². The molecule has 3 nitrogen and oxygen atoms in total. The molecule has 0 amide bonds. The van der Waals surface area contributed by atoms with Crippen molar-refractivity contribution in [2.75, 3.05) is 19.0 Å². The minimum atomic E-state index is -0.107. The Hall–Kier alpha value is -0.0900. The van der Waals surface area contributed by atoms with Crippen molar-refractivity contribution in [2.24, 2.45) is 46.8 Å². The van der Waals surface area contributed by atoms with Crippen molar-refractivity contribution in [1.29, 1.82) is 0 Å². The zero-order valence-electron chi connectivity index (χ0n) is 22.7. The van der Waals surface area contributed by atoms with Gasteiger partial charge in [0.15, 0.2) is 0 Å². The lowest BCUT2D eigenvalue weighted by molar-refractivity contribution is -0.0874. The van der Waals surface area contributed by atoms with E-state index in [-0.39, 0.29) is 11.7 Å². The second-order valence-electron chi connectivity index (χ2n) is 14.3. The van der Waals surface area contributed by atoms with Gasteiger partial charge in [-0.05, 0) is 105 Å². The normalized spacial score (nSPS) is 54.3. The van der Waals surface area contributed by atoms with Crippen LogP contribution >= 0.6 is 11.6 Å². The zero-order chi connectivity index (χ0) is 24.5. The van der Waals surface area contributed by atoms with Gasteiger partial charge in [-0.25, -0.2) is 0 Å². The lowest BCUT2D eigenvalue weighted by Crippen LogP contribution is -2.52. The molecule has 5 fully saturated rings. The van der Waals surface area contributed by atoms with Crippen LogP contribution in [0.25, 0.3) is 0 Å². The monoisotopic (exact) mass is 503 g/mol. The van der Waals surface area contributed by atoms with Crippen molar-refractivity contribution >= 4 is 11.6 Å². The summed E-state index contributed by atoms with van der Waals surface area (Å²) in [6.45, 7) is 12.2. The molecule has 0 aromatic rings. The van der Waals surface area contributed by atoms with Crippen LogP contribution in [0.15, 0.2) is 11.6 Å². The number of aliphatic hydroxyl groups excluding tert-OH is 1. The van der Waals surface area contributed by atoms with Crippen LogP contribution in [-0.4, -0.2) is 52.8 Å². The number of aliphatic hydroxyl groups is 1.